The molecule has 1 unspecified atom stereocenters. The zero-order chi connectivity index (χ0) is 23.5. The number of nitrogens with zero attached hydrogens (tertiary/aromatic N) is 2. The summed E-state index contributed by atoms with van der Waals surface area (Å²) < 4.78 is 13.9. The number of anilines is 2. The van der Waals surface area contributed by atoms with Gasteiger partial charge in [0.05, 0.1) is 11.8 Å². The molecule has 0 bridgehead atoms. The van der Waals surface area contributed by atoms with Crippen molar-refractivity contribution in [1.82, 2.24) is 10.3 Å². The Morgan fingerprint density at radius 2 is 2.09 bits per heavy atom. The van der Waals surface area contributed by atoms with Gasteiger partial charge >= 0.3 is 0 Å². The minimum absolute atomic E-state index is 0.236. The number of rotatable bonds is 8. The number of benzene rings is 1. The number of amides is 1. The summed E-state index contributed by atoms with van der Waals surface area (Å²) in [4.78, 5) is 19.9. The molecular formula is C24H30FN5O2S. The zero-order valence-electron chi connectivity index (χ0n) is 18.7. The number of aliphatic hydroxyl groups excluding tert-OH is 1. The van der Waals surface area contributed by atoms with E-state index in [4.69, 9.17) is 16.5 Å². The number of halogens is 1. The van der Waals surface area contributed by atoms with Crippen molar-refractivity contribution in [2.45, 2.75) is 44.8 Å². The number of nitrogen functional groups attached to an aromatic ring is 1. The minimum atomic E-state index is -0.881. The van der Waals surface area contributed by atoms with E-state index in [1.807, 2.05) is 0 Å². The van der Waals surface area contributed by atoms with Crippen LogP contribution in [0.5, 0.6) is 0 Å². The molecule has 1 fully saturated rings. The summed E-state index contributed by atoms with van der Waals surface area (Å²) in [5, 5.41) is 14.6. The molecule has 3 heterocycles. The molecule has 176 valence electrons. The quantitative estimate of drug-likeness (QED) is 0.400. The molecular weight excluding hydrogens is 441 g/mol. The molecule has 0 radical (unpaired) electrons. The largest absolute Gasteiger partial charge is 0.397 e. The lowest BCUT2D eigenvalue weighted by molar-refractivity contribution is 0.100. The van der Waals surface area contributed by atoms with Crippen LogP contribution in [-0.2, 0) is 6.42 Å². The van der Waals surface area contributed by atoms with Crippen molar-refractivity contribution in [2.75, 3.05) is 30.3 Å². The Bertz CT molecular complexity index is 1140. The molecule has 6 N–H and O–H groups in total. The van der Waals surface area contributed by atoms with Gasteiger partial charge in [0.25, 0.3) is 5.91 Å². The number of aryl methyl sites for hydroxylation is 1. The summed E-state index contributed by atoms with van der Waals surface area (Å²) in [5.41, 5.74) is 13.6. The molecule has 3 aromatic rings. The van der Waals surface area contributed by atoms with Gasteiger partial charge in [-0.2, -0.15) is 0 Å². The van der Waals surface area contributed by atoms with Crippen molar-refractivity contribution in [2.24, 2.45) is 5.73 Å². The lowest BCUT2D eigenvalue weighted by Crippen LogP contribution is -2.44. The van der Waals surface area contributed by atoms with E-state index in [0.717, 1.165) is 60.4 Å². The summed E-state index contributed by atoms with van der Waals surface area (Å²) in [7, 11) is 0. The molecule has 1 atom stereocenters. The Morgan fingerprint density at radius 3 is 2.76 bits per heavy atom. The third kappa shape index (κ3) is 4.95. The first-order valence-electron chi connectivity index (χ1n) is 11.3. The molecule has 1 aromatic carbocycles. The van der Waals surface area contributed by atoms with Crippen LogP contribution in [-0.4, -0.2) is 41.7 Å². The van der Waals surface area contributed by atoms with E-state index in [1.165, 1.54) is 17.4 Å². The van der Waals surface area contributed by atoms with Gasteiger partial charge in [-0.15, -0.1) is 11.3 Å². The molecule has 0 spiro atoms. The van der Waals surface area contributed by atoms with Gasteiger partial charge in [0, 0.05) is 36.6 Å². The Balaban J connectivity index is 1.43. The van der Waals surface area contributed by atoms with Gasteiger partial charge in [0.15, 0.2) is 0 Å². The second-order valence-corrected chi connectivity index (χ2v) is 9.48. The van der Waals surface area contributed by atoms with Crippen LogP contribution in [0.3, 0.4) is 0 Å². The Morgan fingerprint density at radius 1 is 1.36 bits per heavy atom. The van der Waals surface area contributed by atoms with Gasteiger partial charge < -0.3 is 26.8 Å². The second-order valence-electron chi connectivity index (χ2n) is 8.49. The van der Waals surface area contributed by atoms with E-state index < -0.39 is 12.0 Å². The van der Waals surface area contributed by atoms with Crippen LogP contribution >= 0.6 is 11.3 Å². The van der Waals surface area contributed by atoms with E-state index >= 15 is 0 Å². The number of aromatic nitrogens is 1. The maximum Gasteiger partial charge on any atom is 0.260 e. The highest BCUT2D eigenvalue weighted by Gasteiger charge is 2.24. The number of thiophene rings is 1. The van der Waals surface area contributed by atoms with Crippen LogP contribution in [0.1, 0.15) is 53.1 Å². The Hall–Kier alpha value is -2.75. The number of piperidine rings is 1. The summed E-state index contributed by atoms with van der Waals surface area (Å²) >= 11 is 1.25. The molecule has 9 heteroatoms. The highest BCUT2D eigenvalue weighted by atomic mass is 32.1. The van der Waals surface area contributed by atoms with Gasteiger partial charge in [-0.25, -0.2) is 9.37 Å². The average Bonchev–Trinajstić information content (AvgIpc) is 3.15. The number of nitrogens with one attached hydrogen (secondary N) is 1. The predicted octanol–water partition coefficient (Wildman–Crippen LogP) is 3.36. The SMILES string of the molecule is CCCc1cc(N2CCC(NCC(O)c3ccccc3F)CC2)nc2sc(C(N)=O)c(N)c12. The van der Waals surface area contributed by atoms with E-state index in [1.54, 1.807) is 18.2 Å². The van der Waals surface area contributed by atoms with Crippen molar-refractivity contribution < 1.29 is 14.3 Å². The average molecular weight is 472 g/mol. The summed E-state index contributed by atoms with van der Waals surface area (Å²) in [5.74, 6) is -0.0308. The van der Waals surface area contributed by atoms with Crippen molar-refractivity contribution in [3.63, 3.8) is 0 Å². The number of fused-ring (bicyclic) bond motifs is 1. The molecule has 2 aromatic heterocycles. The first kappa shape index (κ1) is 23.4. The van der Waals surface area contributed by atoms with Crippen molar-refractivity contribution in [3.05, 3.63) is 52.2 Å². The minimum Gasteiger partial charge on any atom is -0.397 e. The monoisotopic (exact) mass is 471 g/mol. The number of pyridine rings is 1. The maximum absolute atomic E-state index is 13.9. The van der Waals surface area contributed by atoms with Crippen LogP contribution in [0.2, 0.25) is 0 Å². The highest BCUT2D eigenvalue weighted by molar-refractivity contribution is 7.21. The van der Waals surface area contributed by atoms with E-state index in [-0.39, 0.29) is 11.9 Å². The molecule has 4 rings (SSSR count). The predicted molar refractivity (Wildman–Crippen MR) is 131 cm³/mol. The summed E-state index contributed by atoms with van der Waals surface area (Å²) in [6.45, 7) is 4.03. The molecule has 1 aliphatic rings. The molecule has 1 saturated heterocycles. The van der Waals surface area contributed by atoms with Crippen LogP contribution in [0, 0.1) is 5.82 Å². The molecule has 0 aliphatic carbocycles. The lowest BCUT2D eigenvalue weighted by Gasteiger charge is -2.34. The first-order valence-corrected chi connectivity index (χ1v) is 12.1. The number of aliphatic hydroxyl groups is 1. The standard InChI is InChI=1S/C24H30FN5O2S/c1-2-5-14-12-19(29-24-20(14)21(26)22(33-24)23(27)32)30-10-8-15(9-11-30)28-13-18(31)16-6-3-4-7-17(16)25/h3-4,6-7,12,15,18,28,31H,2,5,8-11,13,26H2,1H3,(H2,27,32). The second kappa shape index (κ2) is 10.0. The topological polar surface area (TPSA) is 117 Å². The molecule has 1 aliphatic heterocycles. The Kier molecular flexibility index (Phi) is 7.11. The smallest absolute Gasteiger partial charge is 0.260 e. The number of hydrogen-bond donors (Lipinski definition) is 4. The lowest BCUT2D eigenvalue weighted by atomic mass is 10.0. The fourth-order valence-electron chi connectivity index (χ4n) is 4.44. The van der Waals surface area contributed by atoms with E-state index in [0.29, 0.717) is 22.7 Å². The zero-order valence-corrected chi connectivity index (χ0v) is 19.5. The summed E-state index contributed by atoms with van der Waals surface area (Å²) in [6.07, 6.45) is 2.68. The maximum atomic E-state index is 13.9. The number of carbonyl (C=O) groups excluding carboxylic acids is 1. The van der Waals surface area contributed by atoms with Gasteiger partial charge in [-0.3, -0.25) is 4.79 Å². The summed E-state index contributed by atoms with van der Waals surface area (Å²) in [6, 6.07) is 8.63. The first-order chi connectivity index (χ1) is 15.9. The van der Waals surface area contributed by atoms with Gasteiger partial charge in [0.2, 0.25) is 0 Å². The fourth-order valence-corrected chi connectivity index (χ4v) is 5.43. The molecule has 0 saturated carbocycles. The van der Waals surface area contributed by atoms with Gasteiger partial charge in [-0.1, -0.05) is 31.5 Å². The van der Waals surface area contributed by atoms with Gasteiger partial charge in [0.1, 0.15) is 21.3 Å². The number of carbonyl (C=O) groups is 1. The van der Waals surface area contributed by atoms with Crippen molar-refractivity contribution in [3.8, 4) is 0 Å². The van der Waals surface area contributed by atoms with Crippen LogP contribution in [0.4, 0.5) is 15.9 Å². The molecule has 33 heavy (non-hydrogen) atoms. The van der Waals surface area contributed by atoms with Crippen molar-refractivity contribution in [1.29, 1.82) is 0 Å². The van der Waals surface area contributed by atoms with Crippen LogP contribution < -0.4 is 21.7 Å². The third-order valence-electron chi connectivity index (χ3n) is 6.19. The number of nitrogens with two attached hydrogens (primary N) is 2. The number of hydrogen-bond acceptors (Lipinski definition) is 7. The fraction of sp³-hybridized carbons (Fsp3) is 0.417. The van der Waals surface area contributed by atoms with Crippen LogP contribution in [0.25, 0.3) is 10.2 Å². The van der Waals surface area contributed by atoms with E-state index in [2.05, 4.69) is 23.2 Å². The molecule has 7 nitrogen and oxygen atoms in total. The number of primary amides is 1. The normalized spacial score (nSPS) is 15.8. The third-order valence-corrected chi connectivity index (χ3v) is 7.31. The van der Waals surface area contributed by atoms with Crippen molar-refractivity contribution >= 4 is 39.0 Å². The van der Waals surface area contributed by atoms with E-state index in [9.17, 15) is 14.3 Å². The van der Waals surface area contributed by atoms with Gasteiger partial charge in [-0.05, 0) is 37.0 Å². The van der Waals surface area contributed by atoms with Crippen LogP contribution in [0.15, 0.2) is 30.3 Å². The molecule has 1 amide bonds. The Labute approximate surface area is 196 Å². The highest BCUT2D eigenvalue weighted by Crippen LogP contribution is 2.37.